The lowest BCUT2D eigenvalue weighted by Gasteiger charge is -2.28. The molecule has 2 aliphatic heterocycles. The average Bonchev–Trinajstić information content (AvgIpc) is 3.52. The third kappa shape index (κ3) is 2.33. The third-order valence-corrected chi connectivity index (χ3v) is 8.23. The molecule has 2 bridgehead atoms. The summed E-state index contributed by atoms with van der Waals surface area (Å²) in [4.78, 5) is 33.6. The van der Waals surface area contributed by atoms with Gasteiger partial charge in [0.15, 0.2) is 0 Å². The first-order valence-corrected chi connectivity index (χ1v) is 11.3. The zero-order valence-electron chi connectivity index (χ0n) is 15.6. The van der Waals surface area contributed by atoms with Crippen LogP contribution in [0.15, 0.2) is 42.6 Å². The van der Waals surface area contributed by atoms with Crippen LogP contribution in [0.1, 0.15) is 16.8 Å². The molecule has 144 valence electrons. The Kier molecular flexibility index (Phi) is 3.67. The quantitative estimate of drug-likeness (QED) is 0.798. The third-order valence-electron chi connectivity index (χ3n) is 7.22. The van der Waals surface area contributed by atoms with Gasteiger partial charge in [-0.1, -0.05) is 30.4 Å². The first-order valence-electron chi connectivity index (χ1n) is 10.1. The number of allylic oxidation sites excluding steroid dienone is 2. The molecule has 0 spiro atoms. The fourth-order valence-corrected chi connectivity index (χ4v) is 6.94. The van der Waals surface area contributed by atoms with Gasteiger partial charge in [0, 0.05) is 35.9 Å². The van der Waals surface area contributed by atoms with Crippen LogP contribution < -0.4 is 0 Å². The largest absolute Gasteiger partial charge is 0.360 e. The number of aromatic amines is 1. The molecular weight excluding hydrogens is 370 g/mol. The van der Waals surface area contributed by atoms with E-state index in [2.05, 4.69) is 17.1 Å². The highest BCUT2D eigenvalue weighted by molar-refractivity contribution is 7.99. The minimum absolute atomic E-state index is 0.0399. The van der Waals surface area contributed by atoms with Crippen LogP contribution in [0.5, 0.6) is 0 Å². The van der Waals surface area contributed by atoms with Crippen molar-refractivity contribution >= 4 is 34.5 Å². The van der Waals surface area contributed by atoms with E-state index in [0.717, 1.165) is 24.0 Å². The summed E-state index contributed by atoms with van der Waals surface area (Å²) in [7, 11) is 0. The van der Waals surface area contributed by atoms with Crippen LogP contribution in [0.3, 0.4) is 0 Å². The smallest absolute Gasteiger partial charge is 0.257 e. The van der Waals surface area contributed by atoms with Gasteiger partial charge < -0.3 is 14.8 Å². The number of carbonyl (C=O) groups excluding carboxylic acids is 2. The number of H-pyrrole nitrogens is 1. The van der Waals surface area contributed by atoms with E-state index in [4.69, 9.17) is 0 Å². The number of amides is 2. The van der Waals surface area contributed by atoms with Crippen molar-refractivity contribution in [3.63, 3.8) is 0 Å². The molecule has 3 fully saturated rings. The summed E-state index contributed by atoms with van der Waals surface area (Å²) in [5, 5.41) is 0.925. The highest BCUT2D eigenvalue weighted by atomic mass is 32.2. The number of nitrogens with zero attached hydrogens (tertiary/aromatic N) is 2. The highest BCUT2D eigenvalue weighted by Gasteiger charge is 2.51. The minimum Gasteiger partial charge on any atom is -0.360 e. The predicted molar refractivity (Wildman–Crippen MR) is 110 cm³/mol. The molecule has 3 heterocycles. The Bertz CT molecular complexity index is 979. The summed E-state index contributed by atoms with van der Waals surface area (Å²) in [5.74, 6) is 3.97. The Morgan fingerprint density at radius 1 is 1.07 bits per heavy atom. The Balaban J connectivity index is 1.23. The molecule has 5 atom stereocenters. The van der Waals surface area contributed by atoms with Crippen LogP contribution in [0.25, 0.3) is 10.9 Å². The van der Waals surface area contributed by atoms with Gasteiger partial charge in [-0.05, 0) is 36.2 Å². The first kappa shape index (κ1) is 16.7. The molecule has 2 aromatic rings. The molecule has 28 heavy (non-hydrogen) atoms. The van der Waals surface area contributed by atoms with Gasteiger partial charge in [-0.15, -0.1) is 11.8 Å². The number of carbonyl (C=O) groups is 2. The van der Waals surface area contributed by atoms with Gasteiger partial charge in [-0.25, -0.2) is 0 Å². The summed E-state index contributed by atoms with van der Waals surface area (Å²) >= 11 is 1.68. The lowest BCUT2D eigenvalue weighted by molar-refractivity contribution is -0.134. The number of aromatic nitrogens is 1. The number of hydrogen-bond donors (Lipinski definition) is 1. The molecule has 1 aromatic heterocycles. The minimum atomic E-state index is -0.337. The Labute approximate surface area is 168 Å². The van der Waals surface area contributed by atoms with E-state index in [1.165, 1.54) is 6.42 Å². The number of benzene rings is 1. The van der Waals surface area contributed by atoms with Crippen LogP contribution >= 0.6 is 11.8 Å². The Morgan fingerprint density at radius 2 is 1.82 bits per heavy atom. The standard InChI is InChI=1S/C22H23N3O2S/c26-21(16-8-23-19-4-2-1-3-15(16)19)25-12-28-11-20(25)22(27)24-9-17-13-5-6-14(7-13)18(17)10-24/h1-6,8,13-14,17-18,20,23H,7,9-12H2/t13?,14?,17-,18+,20?. The van der Waals surface area contributed by atoms with Crippen LogP contribution in [0.4, 0.5) is 0 Å². The molecule has 2 aliphatic carbocycles. The number of para-hydroxylation sites is 1. The summed E-state index contributed by atoms with van der Waals surface area (Å²) in [6, 6.07) is 7.50. The molecule has 0 radical (unpaired) electrons. The van der Waals surface area contributed by atoms with Crippen molar-refractivity contribution in [2.24, 2.45) is 23.7 Å². The lowest BCUT2D eigenvalue weighted by Crippen LogP contribution is -2.48. The maximum Gasteiger partial charge on any atom is 0.257 e. The van der Waals surface area contributed by atoms with E-state index < -0.39 is 0 Å². The van der Waals surface area contributed by atoms with Crippen LogP contribution in [0.2, 0.25) is 0 Å². The van der Waals surface area contributed by atoms with Crippen LogP contribution in [0, 0.1) is 23.7 Å². The molecule has 5 nitrogen and oxygen atoms in total. The second kappa shape index (κ2) is 6.14. The highest BCUT2D eigenvalue weighted by Crippen LogP contribution is 2.51. The van der Waals surface area contributed by atoms with Crippen molar-refractivity contribution in [3.8, 4) is 0 Å². The number of hydrogen-bond acceptors (Lipinski definition) is 3. The van der Waals surface area contributed by atoms with E-state index >= 15 is 0 Å². The van der Waals surface area contributed by atoms with E-state index in [-0.39, 0.29) is 17.9 Å². The van der Waals surface area contributed by atoms with Gasteiger partial charge in [0.25, 0.3) is 5.91 Å². The van der Waals surface area contributed by atoms with Crippen molar-refractivity contribution in [1.82, 2.24) is 14.8 Å². The zero-order chi connectivity index (χ0) is 18.8. The monoisotopic (exact) mass is 393 g/mol. The Morgan fingerprint density at radius 3 is 2.61 bits per heavy atom. The summed E-state index contributed by atoms with van der Waals surface area (Å²) in [6.07, 6.45) is 7.78. The SMILES string of the molecule is O=C(C1CSCN1C(=O)c1c[nH]c2ccccc12)N1C[C@@H]2C3C=CC(C3)[C@@H]2C1. The van der Waals surface area contributed by atoms with Crippen molar-refractivity contribution in [1.29, 1.82) is 0 Å². The molecule has 3 unspecified atom stereocenters. The van der Waals surface area contributed by atoms with Gasteiger partial charge in [0.1, 0.15) is 6.04 Å². The molecule has 2 saturated heterocycles. The Hall–Kier alpha value is -2.21. The van der Waals surface area contributed by atoms with Crippen molar-refractivity contribution in [3.05, 3.63) is 48.2 Å². The van der Waals surface area contributed by atoms with Gasteiger partial charge in [0.2, 0.25) is 5.91 Å². The molecule has 2 amide bonds. The van der Waals surface area contributed by atoms with Crippen LogP contribution in [-0.2, 0) is 4.79 Å². The molecule has 6 heteroatoms. The van der Waals surface area contributed by atoms with E-state index in [1.54, 1.807) is 22.9 Å². The molecular formula is C22H23N3O2S. The normalized spacial score (nSPS) is 33.2. The number of nitrogens with one attached hydrogen (secondary N) is 1. The molecule has 4 aliphatic rings. The second-order valence-electron chi connectivity index (χ2n) is 8.56. The number of fused-ring (bicyclic) bond motifs is 6. The summed E-state index contributed by atoms with van der Waals surface area (Å²) < 4.78 is 0. The summed E-state index contributed by atoms with van der Waals surface area (Å²) in [6.45, 7) is 1.73. The van der Waals surface area contributed by atoms with Gasteiger partial charge in [-0.2, -0.15) is 0 Å². The van der Waals surface area contributed by atoms with Crippen molar-refractivity contribution in [2.75, 3.05) is 24.7 Å². The average molecular weight is 394 g/mol. The number of thioether (sulfide) groups is 1. The van der Waals surface area contributed by atoms with Crippen molar-refractivity contribution < 1.29 is 9.59 Å². The van der Waals surface area contributed by atoms with Crippen molar-refractivity contribution in [2.45, 2.75) is 12.5 Å². The molecule has 1 saturated carbocycles. The summed E-state index contributed by atoms with van der Waals surface area (Å²) in [5.41, 5.74) is 1.62. The zero-order valence-corrected chi connectivity index (χ0v) is 16.4. The molecule has 1 N–H and O–H groups in total. The van der Waals surface area contributed by atoms with Gasteiger partial charge in [-0.3, -0.25) is 9.59 Å². The van der Waals surface area contributed by atoms with E-state index in [9.17, 15) is 9.59 Å². The number of likely N-dealkylation sites (tertiary alicyclic amines) is 1. The maximum atomic E-state index is 13.4. The maximum absolute atomic E-state index is 13.4. The van der Waals surface area contributed by atoms with E-state index in [1.807, 2.05) is 29.2 Å². The lowest BCUT2D eigenvalue weighted by atomic mass is 9.86. The number of rotatable bonds is 2. The molecule has 1 aromatic carbocycles. The fraction of sp³-hybridized carbons (Fsp3) is 0.455. The molecule has 6 rings (SSSR count). The fourth-order valence-electron chi connectivity index (χ4n) is 5.79. The van der Waals surface area contributed by atoms with Gasteiger partial charge >= 0.3 is 0 Å². The topological polar surface area (TPSA) is 56.4 Å². The van der Waals surface area contributed by atoms with E-state index in [0.29, 0.717) is 40.9 Å². The first-order chi connectivity index (χ1) is 13.7. The van der Waals surface area contributed by atoms with Crippen LogP contribution in [-0.4, -0.2) is 57.4 Å². The van der Waals surface area contributed by atoms with Gasteiger partial charge in [0.05, 0.1) is 11.4 Å². The predicted octanol–water partition coefficient (Wildman–Crippen LogP) is 2.96. The second-order valence-corrected chi connectivity index (χ2v) is 9.56.